The molecule has 1 N–H and O–H groups in total. The number of hydrogen-bond acceptors (Lipinski definition) is 3. The van der Waals surface area contributed by atoms with Gasteiger partial charge in [-0.05, 0) is 43.2 Å². The molecule has 2 aromatic carbocycles. The fourth-order valence-electron chi connectivity index (χ4n) is 1.91. The molecule has 108 valence electrons. The molecule has 0 atom stereocenters. The van der Waals surface area contributed by atoms with Crippen LogP contribution >= 0.6 is 0 Å². The summed E-state index contributed by atoms with van der Waals surface area (Å²) in [5.41, 5.74) is 1.55. The molecule has 5 nitrogen and oxygen atoms in total. The summed E-state index contributed by atoms with van der Waals surface area (Å²) >= 11 is 0. The summed E-state index contributed by atoms with van der Waals surface area (Å²) in [6.45, 7) is 3.66. The third-order valence-corrected chi connectivity index (χ3v) is 3.04. The van der Waals surface area contributed by atoms with Crippen molar-refractivity contribution < 1.29 is 14.1 Å². The minimum absolute atomic E-state index is 0.305. The van der Waals surface area contributed by atoms with Gasteiger partial charge in [0.05, 0.1) is 4.92 Å². The Labute approximate surface area is 120 Å². The topological polar surface area (TPSA) is 72.2 Å². The summed E-state index contributed by atoms with van der Waals surface area (Å²) in [6, 6.07) is 8.25. The number of benzene rings is 2. The number of nitrogens with zero attached hydrogens (tertiary/aromatic N) is 1. The van der Waals surface area contributed by atoms with E-state index < -0.39 is 22.3 Å². The second-order valence-electron chi connectivity index (χ2n) is 4.69. The Hall–Kier alpha value is -2.76. The third kappa shape index (κ3) is 3.22. The van der Waals surface area contributed by atoms with Crippen molar-refractivity contribution in [2.45, 2.75) is 13.8 Å². The lowest BCUT2D eigenvalue weighted by Gasteiger charge is -2.09. The molecule has 6 heteroatoms. The molecule has 0 saturated heterocycles. The van der Waals surface area contributed by atoms with Crippen molar-refractivity contribution in [1.82, 2.24) is 0 Å². The zero-order valence-electron chi connectivity index (χ0n) is 11.5. The van der Waals surface area contributed by atoms with Crippen LogP contribution in [0, 0.1) is 29.8 Å². The maximum atomic E-state index is 13.3. The van der Waals surface area contributed by atoms with E-state index in [2.05, 4.69) is 5.32 Å². The summed E-state index contributed by atoms with van der Waals surface area (Å²) in [6.07, 6.45) is 0. The molecule has 0 aromatic heterocycles. The first kappa shape index (κ1) is 14.6. The molecular weight excluding hydrogens is 275 g/mol. The second-order valence-corrected chi connectivity index (χ2v) is 4.69. The molecule has 0 aliphatic carbocycles. The number of hydrogen-bond donors (Lipinski definition) is 1. The van der Waals surface area contributed by atoms with Crippen molar-refractivity contribution in [3.05, 3.63) is 69.0 Å². The van der Waals surface area contributed by atoms with Crippen molar-refractivity contribution in [3.8, 4) is 0 Å². The first-order valence-electron chi connectivity index (χ1n) is 6.21. The largest absolute Gasteiger partial charge is 0.322 e. The minimum Gasteiger partial charge on any atom is -0.322 e. The fourth-order valence-corrected chi connectivity index (χ4v) is 1.91. The average Bonchev–Trinajstić information content (AvgIpc) is 2.42. The van der Waals surface area contributed by atoms with E-state index >= 15 is 0 Å². The molecular formula is C15H13FN2O3. The molecule has 0 spiro atoms. The number of nitro benzene ring substituents is 1. The van der Waals surface area contributed by atoms with Crippen LogP contribution in [0.3, 0.4) is 0 Å². The smallest absolute Gasteiger partial charge is 0.282 e. The number of nitrogens with one attached hydrogen (secondary N) is 1. The van der Waals surface area contributed by atoms with Gasteiger partial charge in [-0.15, -0.1) is 0 Å². The van der Waals surface area contributed by atoms with Crippen LogP contribution in [0.15, 0.2) is 36.4 Å². The highest BCUT2D eigenvalue weighted by atomic mass is 19.1. The van der Waals surface area contributed by atoms with E-state index in [-0.39, 0.29) is 5.56 Å². The molecule has 0 unspecified atom stereocenters. The lowest BCUT2D eigenvalue weighted by molar-refractivity contribution is -0.385. The molecule has 0 fully saturated rings. The summed E-state index contributed by atoms with van der Waals surface area (Å²) in [4.78, 5) is 22.4. The molecule has 0 radical (unpaired) electrons. The quantitative estimate of drug-likeness (QED) is 0.692. The monoisotopic (exact) mass is 288 g/mol. The summed E-state index contributed by atoms with van der Waals surface area (Å²) in [5, 5.41) is 13.5. The molecule has 2 aromatic rings. The highest BCUT2D eigenvalue weighted by Crippen LogP contribution is 2.22. The zero-order valence-corrected chi connectivity index (χ0v) is 11.5. The van der Waals surface area contributed by atoms with E-state index in [0.717, 1.165) is 29.3 Å². The van der Waals surface area contributed by atoms with Crippen molar-refractivity contribution >= 4 is 17.3 Å². The molecule has 2 rings (SSSR count). The Morgan fingerprint density at radius 1 is 1.19 bits per heavy atom. The number of carbonyl (C=O) groups is 1. The Balaban J connectivity index is 2.39. The van der Waals surface area contributed by atoms with Gasteiger partial charge >= 0.3 is 0 Å². The van der Waals surface area contributed by atoms with Crippen molar-refractivity contribution in [2.75, 3.05) is 5.32 Å². The SMILES string of the molecule is Cc1ccc(C)c(NC(=O)c2cc(F)ccc2[N+](=O)[O-])c1. The number of amides is 1. The third-order valence-electron chi connectivity index (χ3n) is 3.04. The van der Waals surface area contributed by atoms with Crippen LogP contribution in [-0.4, -0.2) is 10.8 Å². The average molecular weight is 288 g/mol. The predicted molar refractivity (Wildman–Crippen MR) is 76.9 cm³/mol. The van der Waals surface area contributed by atoms with Gasteiger partial charge in [-0.3, -0.25) is 14.9 Å². The molecule has 0 saturated carbocycles. The van der Waals surface area contributed by atoms with Crippen LogP contribution in [0.4, 0.5) is 15.8 Å². The van der Waals surface area contributed by atoms with Crippen LogP contribution in [0.25, 0.3) is 0 Å². The van der Waals surface area contributed by atoms with Gasteiger partial charge in [0.2, 0.25) is 0 Å². The van der Waals surface area contributed by atoms with Gasteiger partial charge in [0.15, 0.2) is 0 Å². The molecule has 1 amide bonds. The molecule has 0 aliphatic rings. The van der Waals surface area contributed by atoms with Crippen molar-refractivity contribution in [2.24, 2.45) is 0 Å². The molecule has 0 aliphatic heterocycles. The summed E-state index contributed by atoms with van der Waals surface area (Å²) < 4.78 is 13.3. The highest BCUT2D eigenvalue weighted by molar-refractivity contribution is 6.07. The number of anilines is 1. The molecule has 0 heterocycles. The number of rotatable bonds is 3. The van der Waals surface area contributed by atoms with E-state index in [9.17, 15) is 19.3 Å². The van der Waals surface area contributed by atoms with Crippen LogP contribution in [0.5, 0.6) is 0 Å². The lowest BCUT2D eigenvalue weighted by Crippen LogP contribution is -2.15. The summed E-state index contributed by atoms with van der Waals surface area (Å²) in [5.74, 6) is -1.42. The van der Waals surface area contributed by atoms with Crippen LogP contribution in [-0.2, 0) is 0 Å². The van der Waals surface area contributed by atoms with Gasteiger partial charge in [0.25, 0.3) is 11.6 Å². The Morgan fingerprint density at radius 2 is 1.90 bits per heavy atom. The van der Waals surface area contributed by atoms with E-state index in [4.69, 9.17) is 0 Å². The van der Waals surface area contributed by atoms with Crippen molar-refractivity contribution in [3.63, 3.8) is 0 Å². The normalized spacial score (nSPS) is 10.2. The van der Waals surface area contributed by atoms with E-state index in [1.807, 2.05) is 19.1 Å². The minimum atomic E-state index is -0.713. The number of carbonyl (C=O) groups excluding carboxylic acids is 1. The second kappa shape index (κ2) is 5.70. The first-order valence-corrected chi connectivity index (χ1v) is 6.21. The lowest BCUT2D eigenvalue weighted by atomic mass is 10.1. The fraction of sp³-hybridized carbons (Fsp3) is 0.133. The Bertz CT molecular complexity index is 729. The Kier molecular flexibility index (Phi) is 3.98. The van der Waals surface area contributed by atoms with Crippen molar-refractivity contribution in [1.29, 1.82) is 0 Å². The molecule has 21 heavy (non-hydrogen) atoms. The van der Waals surface area contributed by atoms with E-state index in [0.29, 0.717) is 5.69 Å². The number of halogens is 1. The first-order chi connectivity index (χ1) is 9.88. The highest BCUT2D eigenvalue weighted by Gasteiger charge is 2.21. The predicted octanol–water partition coefficient (Wildman–Crippen LogP) is 3.60. The van der Waals surface area contributed by atoms with Gasteiger partial charge in [-0.25, -0.2) is 4.39 Å². The van der Waals surface area contributed by atoms with Gasteiger partial charge in [0.1, 0.15) is 11.4 Å². The number of nitro groups is 1. The van der Waals surface area contributed by atoms with E-state index in [1.165, 1.54) is 0 Å². The maximum absolute atomic E-state index is 13.3. The summed E-state index contributed by atoms with van der Waals surface area (Å²) in [7, 11) is 0. The van der Waals surface area contributed by atoms with Gasteiger partial charge in [0, 0.05) is 11.8 Å². The Morgan fingerprint density at radius 3 is 2.57 bits per heavy atom. The van der Waals surface area contributed by atoms with Gasteiger partial charge < -0.3 is 5.32 Å². The standard InChI is InChI=1S/C15H13FN2O3/c1-9-3-4-10(2)13(7-9)17-15(19)12-8-11(16)5-6-14(12)18(20)21/h3-8H,1-2H3,(H,17,19). The van der Waals surface area contributed by atoms with Gasteiger partial charge in [-0.2, -0.15) is 0 Å². The zero-order chi connectivity index (χ0) is 15.6. The van der Waals surface area contributed by atoms with E-state index in [1.54, 1.807) is 13.0 Å². The van der Waals surface area contributed by atoms with Crippen LogP contribution < -0.4 is 5.32 Å². The van der Waals surface area contributed by atoms with Crippen LogP contribution in [0.1, 0.15) is 21.5 Å². The number of aryl methyl sites for hydroxylation is 2. The molecule has 0 bridgehead atoms. The van der Waals surface area contributed by atoms with Crippen LogP contribution in [0.2, 0.25) is 0 Å². The van der Waals surface area contributed by atoms with Gasteiger partial charge in [-0.1, -0.05) is 12.1 Å². The maximum Gasteiger partial charge on any atom is 0.282 e.